The van der Waals surface area contributed by atoms with Crippen LogP contribution in [0.1, 0.15) is 23.6 Å². The molecule has 1 fully saturated rings. The van der Waals surface area contributed by atoms with E-state index in [-0.39, 0.29) is 17.7 Å². The van der Waals surface area contributed by atoms with Crippen LogP contribution in [-0.2, 0) is 4.74 Å². The Kier molecular flexibility index (Phi) is 6.00. The highest BCUT2D eigenvalue weighted by atomic mass is 32.2. The Morgan fingerprint density at radius 1 is 1.12 bits per heavy atom. The first-order valence-electron chi connectivity index (χ1n) is 8.50. The van der Waals surface area contributed by atoms with Crippen molar-refractivity contribution in [3.05, 3.63) is 71.8 Å². The second kappa shape index (κ2) is 8.41. The number of benzene rings is 2. The van der Waals surface area contributed by atoms with Gasteiger partial charge in [0.25, 0.3) is 0 Å². The summed E-state index contributed by atoms with van der Waals surface area (Å²) in [6, 6.07) is 19.7. The lowest BCUT2D eigenvalue weighted by Crippen LogP contribution is -2.48. The molecule has 132 valence electrons. The minimum atomic E-state index is -0.239. The van der Waals surface area contributed by atoms with Crippen molar-refractivity contribution in [1.82, 2.24) is 10.6 Å². The Bertz CT molecular complexity index is 633. The van der Waals surface area contributed by atoms with Gasteiger partial charge < -0.3 is 15.4 Å². The summed E-state index contributed by atoms with van der Waals surface area (Å²) in [7, 11) is 1.72. The lowest BCUT2D eigenvalue weighted by atomic mass is 9.99. The molecule has 0 aromatic heterocycles. The zero-order valence-electron chi connectivity index (χ0n) is 14.4. The molecule has 1 heterocycles. The lowest BCUT2D eigenvalue weighted by molar-refractivity contribution is 0.0157. The second-order valence-electron chi connectivity index (χ2n) is 6.27. The van der Waals surface area contributed by atoms with Crippen molar-refractivity contribution in [2.24, 2.45) is 0 Å². The highest BCUT2D eigenvalue weighted by molar-refractivity contribution is 7.99. The minimum Gasteiger partial charge on any atom is -0.376 e. The van der Waals surface area contributed by atoms with Gasteiger partial charge in [-0.2, -0.15) is 11.8 Å². The zero-order chi connectivity index (χ0) is 17.5. The van der Waals surface area contributed by atoms with Crippen LogP contribution in [0.15, 0.2) is 60.7 Å². The van der Waals surface area contributed by atoms with E-state index in [0.29, 0.717) is 6.54 Å². The molecule has 0 spiro atoms. The molecular formula is C20H24N2O2S. The van der Waals surface area contributed by atoms with Crippen molar-refractivity contribution < 1.29 is 9.53 Å². The Morgan fingerprint density at radius 3 is 2.20 bits per heavy atom. The fraction of sp³-hybridized carbons (Fsp3) is 0.350. The van der Waals surface area contributed by atoms with Gasteiger partial charge in [-0.15, -0.1) is 0 Å². The Balaban J connectivity index is 1.69. The van der Waals surface area contributed by atoms with Crippen molar-refractivity contribution in [2.75, 3.05) is 25.2 Å². The van der Waals surface area contributed by atoms with Crippen molar-refractivity contribution in [2.45, 2.75) is 18.1 Å². The summed E-state index contributed by atoms with van der Waals surface area (Å²) in [4.78, 5) is 12.5. The monoisotopic (exact) mass is 356 g/mol. The van der Waals surface area contributed by atoms with Gasteiger partial charge in [0.2, 0.25) is 0 Å². The first-order chi connectivity index (χ1) is 12.2. The van der Waals surface area contributed by atoms with Crippen LogP contribution in [0.2, 0.25) is 0 Å². The SMILES string of the molecule is CO[C@@]1(CNC(=O)NC(c2ccccc2)c2ccccc2)CCSC1. The number of urea groups is 1. The van der Waals surface area contributed by atoms with Gasteiger partial charge in [0, 0.05) is 19.4 Å². The third-order valence-electron chi connectivity index (χ3n) is 4.61. The van der Waals surface area contributed by atoms with E-state index in [9.17, 15) is 4.79 Å². The Hall–Kier alpha value is -1.98. The van der Waals surface area contributed by atoms with Crippen LogP contribution >= 0.6 is 11.8 Å². The van der Waals surface area contributed by atoms with Crippen LogP contribution in [0.4, 0.5) is 4.79 Å². The summed E-state index contributed by atoms with van der Waals surface area (Å²) in [6.45, 7) is 0.526. The summed E-state index contributed by atoms with van der Waals surface area (Å²) < 4.78 is 5.66. The quantitative estimate of drug-likeness (QED) is 0.831. The molecule has 1 saturated heterocycles. The molecule has 2 aromatic rings. The maximum Gasteiger partial charge on any atom is 0.315 e. The molecule has 0 aliphatic carbocycles. The van der Waals surface area contributed by atoms with Gasteiger partial charge in [0.1, 0.15) is 0 Å². The molecular weight excluding hydrogens is 332 g/mol. The maximum absolute atomic E-state index is 12.5. The second-order valence-corrected chi connectivity index (χ2v) is 7.38. The molecule has 2 N–H and O–H groups in total. The fourth-order valence-electron chi connectivity index (χ4n) is 3.03. The van der Waals surface area contributed by atoms with Gasteiger partial charge in [-0.25, -0.2) is 4.79 Å². The van der Waals surface area contributed by atoms with Crippen LogP contribution in [0, 0.1) is 0 Å². The topological polar surface area (TPSA) is 50.4 Å². The summed E-state index contributed by atoms with van der Waals surface area (Å²) in [5, 5.41) is 6.10. The molecule has 5 heteroatoms. The van der Waals surface area contributed by atoms with Gasteiger partial charge in [-0.1, -0.05) is 60.7 Å². The fourth-order valence-corrected chi connectivity index (χ4v) is 4.43. The van der Waals surface area contributed by atoms with Gasteiger partial charge in [-0.3, -0.25) is 0 Å². The van der Waals surface area contributed by atoms with E-state index < -0.39 is 0 Å². The average Bonchev–Trinajstić information content (AvgIpc) is 3.15. The summed E-state index contributed by atoms with van der Waals surface area (Å²) in [5.41, 5.74) is 1.88. The van der Waals surface area contributed by atoms with Crippen molar-refractivity contribution in [3.8, 4) is 0 Å². The van der Waals surface area contributed by atoms with Gasteiger partial charge in [-0.05, 0) is 23.3 Å². The van der Waals surface area contributed by atoms with Gasteiger partial charge in [0.15, 0.2) is 0 Å². The van der Waals surface area contributed by atoms with E-state index >= 15 is 0 Å². The van der Waals surface area contributed by atoms with E-state index in [1.165, 1.54) is 0 Å². The van der Waals surface area contributed by atoms with Crippen LogP contribution in [0.3, 0.4) is 0 Å². The molecule has 1 aliphatic heterocycles. The standard InChI is InChI=1S/C20H24N2O2S/c1-24-20(12-13-25-15-20)14-21-19(23)22-18(16-8-4-2-5-9-16)17-10-6-3-7-11-17/h2-11,18H,12-15H2,1H3,(H2,21,22,23)/t20-/m1/s1. The molecule has 2 aromatic carbocycles. The predicted molar refractivity (Wildman–Crippen MR) is 103 cm³/mol. The minimum absolute atomic E-state index is 0.175. The number of hydrogen-bond donors (Lipinski definition) is 2. The van der Waals surface area contributed by atoms with E-state index in [1.807, 2.05) is 72.4 Å². The Morgan fingerprint density at radius 2 is 1.72 bits per heavy atom. The molecule has 0 unspecified atom stereocenters. The largest absolute Gasteiger partial charge is 0.376 e. The molecule has 25 heavy (non-hydrogen) atoms. The zero-order valence-corrected chi connectivity index (χ0v) is 15.2. The smallest absolute Gasteiger partial charge is 0.315 e. The number of carbonyl (C=O) groups excluding carboxylic acids is 1. The molecule has 0 radical (unpaired) electrons. The number of carbonyl (C=O) groups is 1. The van der Waals surface area contributed by atoms with E-state index in [4.69, 9.17) is 4.74 Å². The molecule has 1 atom stereocenters. The number of nitrogens with one attached hydrogen (secondary N) is 2. The summed E-state index contributed by atoms with van der Waals surface area (Å²) >= 11 is 1.87. The molecule has 0 saturated carbocycles. The van der Waals surface area contributed by atoms with Crippen LogP contribution < -0.4 is 10.6 Å². The first kappa shape index (κ1) is 17.8. The average molecular weight is 356 g/mol. The van der Waals surface area contributed by atoms with Crippen LogP contribution in [0.25, 0.3) is 0 Å². The van der Waals surface area contributed by atoms with E-state index in [2.05, 4.69) is 10.6 Å². The van der Waals surface area contributed by atoms with Gasteiger partial charge >= 0.3 is 6.03 Å². The number of thioether (sulfide) groups is 1. The summed E-state index contributed by atoms with van der Waals surface area (Å²) in [5.74, 6) is 2.00. The van der Waals surface area contributed by atoms with Gasteiger partial charge in [0.05, 0.1) is 11.6 Å². The molecule has 1 aliphatic rings. The summed E-state index contributed by atoms with van der Waals surface area (Å²) in [6.07, 6.45) is 0.968. The van der Waals surface area contributed by atoms with Crippen molar-refractivity contribution >= 4 is 17.8 Å². The molecule has 3 rings (SSSR count). The predicted octanol–water partition coefficient (Wildman–Crippen LogP) is 3.60. The first-order valence-corrected chi connectivity index (χ1v) is 9.65. The lowest BCUT2D eigenvalue weighted by Gasteiger charge is -2.27. The van der Waals surface area contributed by atoms with Crippen molar-refractivity contribution in [1.29, 1.82) is 0 Å². The molecule has 0 bridgehead atoms. The molecule has 2 amide bonds. The van der Waals surface area contributed by atoms with E-state index in [0.717, 1.165) is 29.1 Å². The third-order valence-corrected chi connectivity index (χ3v) is 5.84. The normalized spacial score (nSPS) is 19.8. The Labute approximate surface area is 153 Å². The van der Waals surface area contributed by atoms with Crippen LogP contribution in [0.5, 0.6) is 0 Å². The number of ether oxygens (including phenoxy) is 1. The van der Waals surface area contributed by atoms with E-state index in [1.54, 1.807) is 7.11 Å². The highest BCUT2D eigenvalue weighted by Gasteiger charge is 2.34. The number of rotatable bonds is 6. The number of hydrogen-bond acceptors (Lipinski definition) is 3. The maximum atomic E-state index is 12.5. The number of methoxy groups -OCH3 is 1. The highest BCUT2D eigenvalue weighted by Crippen LogP contribution is 2.30. The number of amides is 2. The van der Waals surface area contributed by atoms with Crippen molar-refractivity contribution in [3.63, 3.8) is 0 Å². The van der Waals surface area contributed by atoms with Crippen LogP contribution in [-0.4, -0.2) is 36.8 Å². The third kappa shape index (κ3) is 4.55. The molecule has 4 nitrogen and oxygen atoms in total.